The van der Waals surface area contributed by atoms with Crippen molar-refractivity contribution in [1.29, 1.82) is 0 Å². The van der Waals surface area contributed by atoms with Gasteiger partial charge in [0.2, 0.25) is 11.8 Å². The normalized spacial score (nSPS) is 23.5. The molecule has 0 bridgehead atoms. The van der Waals surface area contributed by atoms with Crippen molar-refractivity contribution in [2.75, 3.05) is 19.6 Å². The zero-order chi connectivity index (χ0) is 13.2. The van der Waals surface area contributed by atoms with Gasteiger partial charge in [0.05, 0.1) is 12.5 Å². The highest BCUT2D eigenvalue weighted by Gasteiger charge is 2.31. The molecule has 4 nitrogen and oxygen atoms in total. The number of amides is 2. The smallest absolute Gasteiger partial charge is 0.239 e. The van der Waals surface area contributed by atoms with Crippen molar-refractivity contribution in [1.82, 2.24) is 10.2 Å². The predicted molar refractivity (Wildman–Crippen MR) is 74.2 cm³/mol. The van der Waals surface area contributed by atoms with E-state index in [1.165, 1.54) is 10.4 Å². The van der Waals surface area contributed by atoms with Crippen LogP contribution in [-0.2, 0) is 16.0 Å². The molecule has 0 saturated carbocycles. The summed E-state index contributed by atoms with van der Waals surface area (Å²) in [5.41, 5.74) is 1.20. The van der Waals surface area contributed by atoms with Crippen molar-refractivity contribution >= 4 is 23.2 Å². The highest BCUT2D eigenvalue weighted by atomic mass is 32.1. The molecule has 0 spiro atoms. The number of nitrogens with one attached hydrogen (secondary N) is 1. The molecule has 3 rings (SSSR count). The molecule has 1 fully saturated rings. The average Bonchev–Trinajstić information content (AvgIpc) is 2.79. The minimum Gasteiger partial charge on any atom is -0.354 e. The van der Waals surface area contributed by atoms with Gasteiger partial charge in [-0.2, -0.15) is 0 Å². The number of nitrogens with zero attached hydrogens (tertiary/aromatic N) is 1. The van der Waals surface area contributed by atoms with Crippen LogP contribution >= 0.6 is 11.3 Å². The number of carbonyl (C=O) groups excluding carboxylic acids is 2. The number of fused-ring (bicyclic) bond motifs is 1. The van der Waals surface area contributed by atoms with Crippen LogP contribution in [0.2, 0.25) is 0 Å². The van der Waals surface area contributed by atoms with Gasteiger partial charge >= 0.3 is 0 Å². The van der Waals surface area contributed by atoms with E-state index < -0.39 is 0 Å². The fraction of sp³-hybridized carbons (Fsp3) is 0.571. The third-order valence-electron chi connectivity index (χ3n) is 3.92. The highest BCUT2D eigenvalue weighted by Crippen LogP contribution is 2.36. The van der Waals surface area contributed by atoms with Crippen LogP contribution in [0.3, 0.4) is 0 Å². The summed E-state index contributed by atoms with van der Waals surface area (Å²) >= 11 is 1.75. The van der Waals surface area contributed by atoms with E-state index in [0.717, 1.165) is 25.7 Å². The molecule has 1 unspecified atom stereocenters. The molecule has 1 saturated heterocycles. The number of hydrogen-bond donors (Lipinski definition) is 1. The number of carbonyl (C=O) groups is 2. The predicted octanol–water partition coefficient (Wildman–Crippen LogP) is 1.52. The molecule has 1 aromatic rings. The maximum Gasteiger partial charge on any atom is 0.239 e. The minimum atomic E-state index is -0.0350. The summed E-state index contributed by atoms with van der Waals surface area (Å²) in [5.74, 6) is 0.0736. The lowest BCUT2D eigenvalue weighted by Crippen LogP contribution is -2.40. The number of thiophene rings is 1. The summed E-state index contributed by atoms with van der Waals surface area (Å²) in [7, 11) is 0. The first-order valence-corrected chi connectivity index (χ1v) is 7.75. The topological polar surface area (TPSA) is 49.4 Å². The van der Waals surface area contributed by atoms with Gasteiger partial charge in [-0.05, 0) is 42.7 Å². The van der Waals surface area contributed by atoms with Gasteiger partial charge in [-0.1, -0.05) is 0 Å². The van der Waals surface area contributed by atoms with Gasteiger partial charge in [0.15, 0.2) is 0 Å². The third-order valence-corrected chi connectivity index (χ3v) is 4.92. The third kappa shape index (κ3) is 2.52. The molecule has 0 aromatic carbocycles. The second-order valence-electron chi connectivity index (χ2n) is 5.21. The molecule has 1 atom stereocenters. The van der Waals surface area contributed by atoms with E-state index in [0.29, 0.717) is 13.1 Å². The van der Waals surface area contributed by atoms with E-state index in [4.69, 9.17) is 0 Å². The molecular formula is C14H18N2O2S. The maximum atomic E-state index is 12.7. The summed E-state index contributed by atoms with van der Waals surface area (Å²) in [6.07, 6.45) is 3.93. The molecule has 1 aliphatic heterocycles. The lowest BCUT2D eigenvalue weighted by atomic mass is 9.86. The Labute approximate surface area is 116 Å². The zero-order valence-corrected chi connectivity index (χ0v) is 11.7. The number of aryl methyl sites for hydroxylation is 1. The largest absolute Gasteiger partial charge is 0.354 e. The van der Waals surface area contributed by atoms with Crippen molar-refractivity contribution in [3.63, 3.8) is 0 Å². The maximum absolute atomic E-state index is 12.7. The molecule has 19 heavy (non-hydrogen) atoms. The fourth-order valence-corrected chi connectivity index (χ4v) is 3.94. The van der Waals surface area contributed by atoms with Crippen molar-refractivity contribution < 1.29 is 9.59 Å². The van der Waals surface area contributed by atoms with Crippen LogP contribution in [0, 0.1) is 0 Å². The Hall–Kier alpha value is -1.36. The molecule has 0 radical (unpaired) electrons. The first-order chi connectivity index (χ1) is 9.25. The quantitative estimate of drug-likeness (QED) is 0.846. The summed E-state index contributed by atoms with van der Waals surface area (Å²) in [4.78, 5) is 27.3. The van der Waals surface area contributed by atoms with Crippen molar-refractivity contribution in [3.05, 3.63) is 21.9 Å². The first kappa shape index (κ1) is 12.7. The second kappa shape index (κ2) is 5.33. The van der Waals surface area contributed by atoms with Crippen LogP contribution in [0.15, 0.2) is 11.4 Å². The van der Waals surface area contributed by atoms with Gasteiger partial charge in [-0.3, -0.25) is 9.59 Å². The molecule has 2 amide bonds. The van der Waals surface area contributed by atoms with Crippen LogP contribution in [-0.4, -0.2) is 36.3 Å². The molecule has 5 heteroatoms. The second-order valence-corrected chi connectivity index (χ2v) is 6.21. The Kier molecular flexibility index (Phi) is 3.55. The first-order valence-electron chi connectivity index (χ1n) is 6.87. The molecule has 1 aliphatic carbocycles. The number of hydrogen-bond acceptors (Lipinski definition) is 3. The van der Waals surface area contributed by atoms with Crippen LogP contribution in [0.5, 0.6) is 0 Å². The summed E-state index contributed by atoms with van der Waals surface area (Å²) in [6, 6.07) is 2.08. The van der Waals surface area contributed by atoms with Gasteiger partial charge in [0.25, 0.3) is 0 Å². The lowest BCUT2D eigenvalue weighted by Gasteiger charge is -2.28. The SMILES string of the molecule is O=C1CN(C(=O)C2CCCc3sccc32)CCCN1. The Morgan fingerprint density at radius 2 is 2.32 bits per heavy atom. The van der Waals surface area contributed by atoms with Gasteiger partial charge in [-0.25, -0.2) is 0 Å². The Morgan fingerprint density at radius 1 is 1.42 bits per heavy atom. The molecule has 1 N–H and O–H groups in total. The van der Waals surface area contributed by atoms with Crippen molar-refractivity contribution in [2.24, 2.45) is 0 Å². The summed E-state index contributed by atoms with van der Waals surface area (Å²) in [5, 5.41) is 4.89. The Bertz CT molecular complexity index is 497. The van der Waals surface area contributed by atoms with Gasteiger partial charge in [0, 0.05) is 18.0 Å². The lowest BCUT2D eigenvalue weighted by molar-refractivity contribution is -0.136. The van der Waals surface area contributed by atoms with Crippen molar-refractivity contribution in [3.8, 4) is 0 Å². The van der Waals surface area contributed by atoms with Gasteiger partial charge < -0.3 is 10.2 Å². The van der Waals surface area contributed by atoms with E-state index in [1.54, 1.807) is 16.2 Å². The standard InChI is InChI=1S/C14H18N2O2S/c17-13-9-16(7-2-6-15-13)14(18)11-3-1-4-12-10(11)5-8-19-12/h5,8,11H,1-4,6-7,9H2,(H,15,17). The van der Waals surface area contributed by atoms with E-state index in [9.17, 15) is 9.59 Å². The summed E-state index contributed by atoms with van der Waals surface area (Å²) in [6.45, 7) is 1.58. The Morgan fingerprint density at radius 3 is 3.21 bits per heavy atom. The van der Waals surface area contributed by atoms with Crippen LogP contribution in [0.1, 0.15) is 35.6 Å². The monoisotopic (exact) mass is 278 g/mol. The highest BCUT2D eigenvalue weighted by molar-refractivity contribution is 7.10. The van der Waals surface area contributed by atoms with Gasteiger partial charge in [-0.15, -0.1) is 11.3 Å². The van der Waals surface area contributed by atoms with E-state index in [2.05, 4.69) is 16.8 Å². The summed E-state index contributed by atoms with van der Waals surface area (Å²) < 4.78 is 0. The van der Waals surface area contributed by atoms with Crippen LogP contribution in [0.4, 0.5) is 0 Å². The molecular weight excluding hydrogens is 260 g/mol. The van der Waals surface area contributed by atoms with E-state index in [-0.39, 0.29) is 24.3 Å². The van der Waals surface area contributed by atoms with Crippen LogP contribution < -0.4 is 5.32 Å². The van der Waals surface area contributed by atoms with E-state index >= 15 is 0 Å². The van der Waals surface area contributed by atoms with Crippen LogP contribution in [0.25, 0.3) is 0 Å². The zero-order valence-electron chi connectivity index (χ0n) is 10.9. The molecule has 2 heterocycles. The molecule has 2 aliphatic rings. The number of rotatable bonds is 1. The Balaban J connectivity index is 1.79. The molecule has 1 aromatic heterocycles. The molecule has 102 valence electrons. The van der Waals surface area contributed by atoms with E-state index in [1.807, 2.05) is 0 Å². The van der Waals surface area contributed by atoms with Crippen molar-refractivity contribution in [2.45, 2.75) is 31.6 Å². The van der Waals surface area contributed by atoms with Gasteiger partial charge in [0.1, 0.15) is 0 Å². The average molecular weight is 278 g/mol. The minimum absolute atomic E-state index is 0.0269. The fourth-order valence-electron chi connectivity index (χ4n) is 2.96.